The van der Waals surface area contributed by atoms with Crippen LogP contribution in [0.1, 0.15) is 43.5 Å². The van der Waals surface area contributed by atoms with Crippen LogP contribution in [0.15, 0.2) is 24.3 Å². The molecule has 2 atom stereocenters. The third-order valence-corrected chi connectivity index (χ3v) is 5.85. The molecule has 0 spiro atoms. The van der Waals surface area contributed by atoms with Gasteiger partial charge >= 0.3 is 0 Å². The fourth-order valence-electron chi connectivity index (χ4n) is 4.64. The van der Waals surface area contributed by atoms with Crippen LogP contribution < -0.4 is 0 Å². The molecule has 0 radical (unpaired) electrons. The molecule has 0 saturated carbocycles. The lowest BCUT2D eigenvalue weighted by Crippen LogP contribution is -2.50. The topological polar surface area (TPSA) is 39.3 Å². The Labute approximate surface area is 126 Å². The van der Waals surface area contributed by atoms with E-state index in [1.807, 2.05) is 0 Å². The lowest BCUT2D eigenvalue weighted by atomic mass is 9.68. The maximum Gasteiger partial charge on any atom is 0.0580 e. The first kappa shape index (κ1) is 13.4. The fraction of sp³-hybridized carbons (Fsp3) is 0.556. The Bertz CT molecular complexity index is 656. The van der Waals surface area contributed by atoms with Crippen LogP contribution in [0.3, 0.4) is 0 Å². The highest BCUT2D eigenvalue weighted by atomic mass is 16.3. The van der Waals surface area contributed by atoms with Gasteiger partial charge in [-0.15, -0.1) is 0 Å². The first-order valence-corrected chi connectivity index (χ1v) is 8.23. The van der Waals surface area contributed by atoms with Crippen LogP contribution in [-0.4, -0.2) is 34.7 Å². The van der Waals surface area contributed by atoms with Gasteiger partial charge in [0.05, 0.1) is 12.6 Å². The van der Waals surface area contributed by atoms with E-state index in [-0.39, 0.29) is 5.41 Å². The molecule has 4 rings (SSSR count). The first-order valence-electron chi connectivity index (χ1n) is 8.23. The van der Waals surface area contributed by atoms with Crippen LogP contribution in [0.25, 0.3) is 10.9 Å². The second-order valence-electron chi connectivity index (χ2n) is 6.73. The van der Waals surface area contributed by atoms with Crippen LogP contribution in [0.2, 0.25) is 0 Å². The van der Waals surface area contributed by atoms with Crippen LogP contribution in [-0.2, 0) is 6.42 Å². The van der Waals surface area contributed by atoms with Crippen molar-refractivity contribution in [2.45, 2.75) is 38.6 Å². The van der Waals surface area contributed by atoms with Crippen molar-refractivity contribution in [3.63, 3.8) is 0 Å². The van der Waals surface area contributed by atoms with Gasteiger partial charge in [-0.3, -0.25) is 4.90 Å². The summed E-state index contributed by atoms with van der Waals surface area (Å²) < 4.78 is 0. The van der Waals surface area contributed by atoms with E-state index in [2.05, 4.69) is 41.1 Å². The molecule has 1 aromatic carbocycles. The Hall–Kier alpha value is -1.32. The summed E-state index contributed by atoms with van der Waals surface area (Å²) in [5, 5.41) is 11.5. The Morgan fingerprint density at radius 2 is 2.19 bits per heavy atom. The zero-order valence-corrected chi connectivity index (χ0v) is 12.7. The van der Waals surface area contributed by atoms with E-state index in [1.165, 1.54) is 35.1 Å². The quantitative estimate of drug-likeness (QED) is 0.888. The average Bonchev–Trinajstić information content (AvgIpc) is 2.92. The van der Waals surface area contributed by atoms with E-state index in [0.717, 1.165) is 25.8 Å². The highest BCUT2D eigenvalue weighted by molar-refractivity contribution is 5.85. The molecule has 2 N–H and O–H groups in total. The molecule has 2 aliphatic heterocycles. The number of aliphatic hydroxyl groups excluding tert-OH is 1. The number of piperidine rings is 1. The van der Waals surface area contributed by atoms with Gasteiger partial charge in [0.25, 0.3) is 0 Å². The van der Waals surface area contributed by atoms with Crippen molar-refractivity contribution >= 4 is 10.9 Å². The zero-order chi connectivity index (χ0) is 14.4. The van der Waals surface area contributed by atoms with Gasteiger partial charge < -0.3 is 10.1 Å². The number of aromatic nitrogens is 1. The number of hydrogen-bond acceptors (Lipinski definition) is 2. The molecular weight excluding hydrogens is 260 g/mol. The van der Waals surface area contributed by atoms with E-state index in [1.54, 1.807) is 0 Å². The number of para-hydroxylation sites is 1. The van der Waals surface area contributed by atoms with Gasteiger partial charge in [-0.2, -0.15) is 0 Å². The molecular formula is C18H24N2O. The highest BCUT2D eigenvalue weighted by Crippen LogP contribution is 2.51. The summed E-state index contributed by atoms with van der Waals surface area (Å²) in [6.07, 6.45) is 4.51. The maximum absolute atomic E-state index is 10.1. The standard InChI is InChI=1S/C18H24N2O/c1-2-18(12-21)9-5-10-20-11-8-14-13-6-3-4-7-15(13)19-16(14)17(18)20/h3-4,6-7,17,19,21H,2,5,8-12H2,1H3/t17?,18-/m1/s1. The van der Waals surface area contributed by atoms with Crippen molar-refractivity contribution in [2.24, 2.45) is 5.41 Å². The monoisotopic (exact) mass is 284 g/mol. The minimum absolute atomic E-state index is 0.0221. The van der Waals surface area contributed by atoms with E-state index in [4.69, 9.17) is 0 Å². The Kier molecular flexibility index (Phi) is 3.09. The number of rotatable bonds is 2. The van der Waals surface area contributed by atoms with Crippen LogP contribution >= 0.6 is 0 Å². The summed E-state index contributed by atoms with van der Waals surface area (Å²) in [5.41, 5.74) is 4.13. The molecule has 2 aromatic rings. The van der Waals surface area contributed by atoms with Crippen molar-refractivity contribution in [2.75, 3.05) is 19.7 Å². The van der Waals surface area contributed by atoms with Gasteiger partial charge in [0.2, 0.25) is 0 Å². The largest absolute Gasteiger partial charge is 0.396 e. The zero-order valence-electron chi connectivity index (χ0n) is 12.7. The number of H-pyrrole nitrogens is 1. The predicted octanol–water partition coefficient (Wildman–Crippen LogP) is 3.25. The number of nitrogens with one attached hydrogen (secondary N) is 1. The van der Waals surface area contributed by atoms with Crippen LogP contribution in [0.5, 0.6) is 0 Å². The van der Waals surface area contributed by atoms with Crippen molar-refractivity contribution in [3.8, 4) is 0 Å². The van der Waals surface area contributed by atoms with E-state index >= 15 is 0 Å². The summed E-state index contributed by atoms with van der Waals surface area (Å²) in [4.78, 5) is 6.28. The summed E-state index contributed by atoms with van der Waals surface area (Å²) in [6.45, 7) is 4.82. The van der Waals surface area contributed by atoms with E-state index in [0.29, 0.717) is 12.6 Å². The first-order chi connectivity index (χ1) is 10.3. The summed E-state index contributed by atoms with van der Waals surface area (Å²) in [5.74, 6) is 0. The SMILES string of the molecule is CC[C@]1(CO)CCCN2CCc3c([nH]c4ccccc34)C21. The molecule has 0 bridgehead atoms. The van der Waals surface area contributed by atoms with Gasteiger partial charge in [0.15, 0.2) is 0 Å². The van der Waals surface area contributed by atoms with Gasteiger partial charge in [0, 0.05) is 28.6 Å². The second kappa shape index (κ2) is 4.85. The Morgan fingerprint density at radius 3 is 3.00 bits per heavy atom. The minimum Gasteiger partial charge on any atom is -0.396 e. The smallest absolute Gasteiger partial charge is 0.0580 e. The summed E-state index contributed by atoms with van der Waals surface area (Å²) in [6, 6.07) is 8.99. The molecule has 1 fully saturated rings. The lowest BCUT2D eigenvalue weighted by Gasteiger charge is -2.51. The predicted molar refractivity (Wildman–Crippen MR) is 85.4 cm³/mol. The second-order valence-corrected chi connectivity index (χ2v) is 6.73. The third kappa shape index (κ3) is 1.80. The lowest BCUT2D eigenvalue weighted by molar-refractivity contribution is -0.0379. The molecule has 1 aromatic heterocycles. The van der Waals surface area contributed by atoms with Crippen molar-refractivity contribution in [1.29, 1.82) is 0 Å². The normalized spacial score (nSPS) is 29.3. The average molecular weight is 284 g/mol. The number of aliphatic hydroxyl groups is 1. The molecule has 1 unspecified atom stereocenters. The van der Waals surface area contributed by atoms with Gasteiger partial charge in [-0.05, 0) is 43.9 Å². The molecule has 2 aliphatic rings. The Balaban J connectivity index is 1.91. The van der Waals surface area contributed by atoms with Crippen LogP contribution in [0.4, 0.5) is 0 Å². The third-order valence-electron chi connectivity index (χ3n) is 5.85. The molecule has 21 heavy (non-hydrogen) atoms. The Morgan fingerprint density at radius 1 is 1.33 bits per heavy atom. The number of nitrogens with zero attached hydrogens (tertiary/aromatic N) is 1. The molecule has 3 heteroatoms. The van der Waals surface area contributed by atoms with Crippen LogP contribution in [0, 0.1) is 5.41 Å². The minimum atomic E-state index is 0.0221. The maximum atomic E-state index is 10.1. The molecule has 3 nitrogen and oxygen atoms in total. The van der Waals surface area contributed by atoms with Gasteiger partial charge in [-0.25, -0.2) is 0 Å². The number of hydrogen-bond donors (Lipinski definition) is 2. The molecule has 112 valence electrons. The fourth-order valence-corrected chi connectivity index (χ4v) is 4.64. The van der Waals surface area contributed by atoms with Crippen molar-refractivity contribution < 1.29 is 5.11 Å². The molecule has 1 saturated heterocycles. The van der Waals surface area contributed by atoms with Crippen molar-refractivity contribution in [3.05, 3.63) is 35.5 Å². The van der Waals surface area contributed by atoms with Gasteiger partial charge in [-0.1, -0.05) is 25.1 Å². The van der Waals surface area contributed by atoms with E-state index < -0.39 is 0 Å². The van der Waals surface area contributed by atoms with Gasteiger partial charge in [0.1, 0.15) is 0 Å². The number of fused-ring (bicyclic) bond motifs is 5. The molecule has 0 amide bonds. The molecule has 3 heterocycles. The summed E-state index contributed by atoms with van der Waals surface area (Å²) in [7, 11) is 0. The molecule has 0 aliphatic carbocycles. The van der Waals surface area contributed by atoms with E-state index in [9.17, 15) is 5.11 Å². The number of benzene rings is 1. The number of aromatic amines is 1. The highest BCUT2D eigenvalue weighted by Gasteiger charge is 2.47. The van der Waals surface area contributed by atoms with Crippen molar-refractivity contribution in [1.82, 2.24) is 9.88 Å². The summed E-state index contributed by atoms with van der Waals surface area (Å²) >= 11 is 0.